The molecule has 3 aromatic rings. The quantitative estimate of drug-likeness (QED) is 0.751. The van der Waals surface area contributed by atoms with Crippen LogP contribution < -0.4 is 0 Å². The maximum atomic E-state index is 4.57. The van der Waals surface area contributed by atoms with Crippen LogP contribution in [0.2, 0.25) is 0 Å². The van der Waals surface area contributed by atoms with E-state index < -0.39 is 0 Å². The van der Waals surface area contributed by atoms with E-state index in [4.69, 9.17) is 0 Å². The molecular weight excluding hydrogens is 288 g/mol. The van der Waals surface area contributed by atoms with Crippen molar-refractivity contribution in [1.29, 1.82) is 0 Å². The van der Waals surface area contributed by atoms with Gasteiger partial charge in [-0.3, -0.25) is 10.00 Å². The third-order valence-electron chi connectivity index (χ3n) is 4.60. The molecule has 0 aromatic carbocycles. The Hall–Kier alpha value is -2.21. The van der Waals surface area contributed by atoms with E-state index in [1.54, 1.807) is 0 Å². The van der Waals surface area contributed by atoms with Crippen LogP contribution in [-0.2, 0) is 25.9 Å². The summed E-state index contributed by atoms with van der Waals surface area (Å²) in [4.78, 5) is 6.71. The minimum atomic E-state index is 0.822. The SMILES string of the molecule is CN(Cc1n[nH]c2c1CCCCC2)Cc1cnn2cccnc12. The van der Waals surface area contributed by atoms with Gasteiger partial charge < -0.3 is 0 Å². The van der Waals surface area contributed by atoms with Crippen LogP contribution in [0.1, 0.15) is 41.8 Å². The molecule has 1 aliphatic rings. The third kappa shape index (κ3) is 2.86. The lowest BCUT2D eigenvalue weighted by Gasteiger charge is -2.15. The molecule has 6 heteroatoms. The van der Waals surface area contributed by atoms with E-state index in [1.165, 1.54) is 36.2 Å². The molecule has 6 nitrogen and oxygen atoms in total. The predicted molar refractivity (Wildman–Crippen MR) is 88.0 cm³/mol. The summed E-state index contributed by atoms with van der Waals surface area (Å²) >= 11 is 0. The summed E-state index contributed by atoms with van der Waals surface area (Å²) in [5.74, 6) is 0. The van der Waals surface area contributed by atoms with Gasteiger partial charge in [-0.05, 0) is 44.4 Å². The number of nitrogens with one attached hydrogen (secondary N) is 1. The van der Waals surface area contributed by atoms with Gasteiger partial charge in [0.1, 0.15) is 0 Å². The molecule has 4 rings (SSSR count). The minimum Gasteiger partial charge on any atom is -0.296 e. The summed E-state index contributed by atoms with van der Waals surface area (Å²) in [5.41, 5.74) is 6.08. The molecule has 0 unspecified atom stereocenters. The molecule has 0 saturated carbocycles. The first-order valence-corrected chi connectivity index (χ1v) is 8.32. The van der Waals surface area contributed by atoms with Gasteiger partial charge in [-0.25, -0.2) is 9.50 Å². The number of hydrogen-bond donors (Lipinski definition) is 1. The summed E-state index contributed by atoms with van der Waals surface area (Å²) < 4.78 is 1.82. The Bertz CT molecular complexity index is 802. The van der Waals surface area contributed by atoms with E-state index in [0.717, 1.165) is 37.1 Å². The maximum absolute atomic E-state index is 4.57. The van der Waals surface area contributed by atoms with Gasteiger partial charge in [-0.15, -0.1) is 0 Å². The fourth-order valence-corrected chi connectivity index (χ4v) is 3.45. The van der Waals surface area contributed by atoms with Crippen molar-refractivity contribution in [2.75, 3.05) is 7.05 Å². The number of aromatic nitrogens is 5. The van der Waals surface area contributed by atoms with Crippen LogP contribution in [0, 0.1) is 0 Å². The molecule has 0 atom stereocenters. The van der Waals surface area contributed by atoms with Crippen molar-refractivity contribution >= 4 is 5.65 Å². The molecule has 120 valence electrons. The summed E-state index contributed by atoms with van der Waals surface area (Å²) in [6.07, 6.45) is 11.8. The van der Waals surface area contributed by atoms with Gasteiger partial charge in [0.2, 0.25) is 0 Å². The lowest BCUT2D eigenvalue weighted by atomic mass is 10.1. The summed E-state index contributed by atoms with van der Waals surface area (Å²) in [5, 5.41) is 12.2. The second kappa shape index (κ2) is 6.12. The molecule has 0 bridgehead atoms. The van der Waals surface area contributed by atoms with Crippen molar-refractivity contribution in [3.05, 3.63) is 47.2 Å². The van der Waals surface area contributed by atoms with Crippen molar-refractivity contribution in [1.82, 2.24) is 29.7 Å². The van der Waals surface area contributed by atoms with Crippen LogP contribution in [0.15, 0.2) is 24.7 Å². The highest BCUT2D eigenvalue weighted by atomic mass is 15.2. The highest BCUT2D eigenvalue weighted by Crippen LogP contribution is 2.23. The van der Waals surface area contributed by atoms with Crippen LogP contribution in [0.3, 0.4) is 0 Å². The minimum absolute atomic E-state index is 0.822. The smallest absolute Gasteiger partial charge is 0.159 e. The summed E-state index contributed by atoms with van der Waals surface area (Å²) in [6.45, 7) is 1.68. The van der Waals surface area contributed by atoms with E-state index in [-0.39, 0.29) is 0 Å². The molecule has 0 fully saturated rings. The predicted octanol–water partition coefficient (Wildman–Crippen LogP) is 2.35. The highest BCUT2D eigenvalue weighted by molar-refractivity contribution is 5.45. The van der Waals surface area contributed by atoms with Crippen molar-refractivity contribution < 1.29 is 0 Å². The highest BCUT2D eigenvalue weighted by Gasteiger charge is 2.17. The Morgan fingerprint density at radius 2 is 2.13 bits per heavy atom. The Kier molecular flexibility index (Phi) is 3.83. The number of aromatic amines is 1. The van der Waals surface area contributed by atoms with Crippen LogP contribution in [-0.4, -0.2) is 36.7 Å². The molecule has 0 saturated heterocycles. The van der Waals surface area contributed by atoms with Gasteiger partial charge >= 0.3 is 0 Å². The first kappa shape index (κ1) is 14.4. The van der Waals surface area contributed by atoms with Crippen LogP contribution >= 0.6 is 0 Å². The number of hydrogen-bond acceptors (Lipinski definition) is 4. The number of rotatable bonds is 4. The van der Waals surface area contributed by atoms with E-state index in [1.807, 2.05) is 29.2 Å². The lowest BCUT2D eigenvalue weighted by Crippen LogP contribution is -2.18. The van der Waals surface area contributed by atoms with E-state index in [9.17, 15) is 0 Å². The molecule has 23 heavy (non-hydrogen) atoms. The van der Waals surface area contributed by atoms with Crippen LogP contribution in [0.5, 0.6) is 0 Å². The molecular formula is C17H22N6. The Morgan fingerprint density at radius 1 is 1.22 bits per heavy atom. The molecule has 0 aliphatic heterocycles. The number of H-pyrrole nitrogens is 1. The standard InChI is InChI=1S/C17H22N6/c1-22(11-13-10-19-23-9-5-8-18-17(13)23)12-16-14-6-3-2-4-7-15(14)20-21-16/h5,8-10H,2-4,6-7,11-12H2,1H3,(H,20,21). The molecule has 1 N–H and O–H groups in total. The molecule has 0 radical (unpaired) electrons. The van der Waals surface area contributed by atoms with E-state index in [0.29, 0.717) is 0 Å². The van der Waals surface area contributed by atoms with E-state index >= 15 is 0 Å². The molecule has 1 aliphatic carbocycles. The summed E-state index contributed by atoms with van der Waals surface area (Å²) in [7, 11) is 2.13. The van der Waals surface area contributed by atoms with Crippen molar-refractivity contribution in [2.45, 2.75) is 45.2 Å². The van der Waals surface area contributed by atoms with Crippen molar-refractivity contribution in [2.24, 2.45) is 0 Å². The maximum Gasteiger partial charge on any atom is 0.159 e. The van der Waals surface area contributed by atoms with Gasteiger partial charge in [-0.2, -0.15) is 10.2 Å². The molecule has 3 aromatic heterocycles. The Morgan fingerprint density at radius 3 is 3.09 bits per heavy atom. The zero-order valence-corrected chi connectivity index (χ0v) is 13.5. The average molecular weight is 310 g/mol. The normalized spacial score (nSPS) is 15.0. The van der Waals surface area contributed by atoms with Gasteiger partial charge in [0.05, 0.1) is 11.9 Å². The molecule has 0 spiro atoms. The monoisotopic (exact) mass is 310 g/mol. The number of nitrogens with zero attached hydrogens (tertiary/aromatic N) is 5. The fraction of sp³-hybridized carbons (Fsp3) is 0.471. The topological polar surface area (TPSA) is 62.1 Å². The average Bonchev–Trinajstić information content (AvgIpc) is 3.04. The zero-order chi connectivity index (χ0) is 15.6. The van der Waals surface area contributed by atoms with E-state index in [2.05, 4.69) is 32.2 Å². The first-order chi connectivity index (χ1) is 11.3. The second-order valence-corrected chi connectivity index (χ2v) is 6.42. The fourth-order valence-electron chi connectivity index (χ4n) is 3.45. The number of fused-ring (bicyclic) bond motifs is 2. The molecule has 3 heterocycles. The lowest BCUT2D eigenvalue weighted by molar-refractivity contribution is 0.314. The Labute approximate surface area is 135 Å². The molecule has 0 amide bonds. The van der Waals surface area contributed by atoms with Gasteiger partial charge in [0.25, 0.3) is 0 Å². The van der Waals surface area contributed by atoms with Gasteiger partial charge in [0.15, 0.2) is 5.65 Å². The zero-order valence-electron chi connectivity index (χ0n) is 13.5. The van der Waals surface area contributed by atoms with Gasteiger partial charge in [0, 0.05) is 36.7 Å². The van der Waals surface area contributed by atoms with Crippen LogP contribution in [0.4, 0.5) is 0 Å². The van der Waals surface area contributed by atoms with Crippen molar-refractivity contribution in [3.8, 4) is 0 Å². The number of aryl methyl sites for hydroxylation is 1. The van der Waals surface area contributed by atoms with Crippen LogP contribution in [0.25, 0.3) is 5.65 Å². The van der Waals surface area contributed by atoms with Crippen molar-refractivity contribution in [3.63, 3.8) is 0 Å². The third-order valence-corrected chi connectivity index (χ3v) is 4.60. The second-order valence-electron chi connectivity index (χ2n) is 6.42. The summed E-state index contributed by atoms with van der Waals surface area (Å²) in [6, 6.07) is 1.90. The first-order valence-electron chi connectivity index (χ1n) is 8.32. The van der Waals surface area contributed by atoms with Gasteiger partial charge in [-0.1, -0.05) is 6.42 Å². The Balaban J connectivity index is 1.50. The largest absolute Gasteiger partial charge is 0.296 e.